The van der Waals surface area contributed by atoms with E-state index in [-0.39, 0.29) is 0 Å². The van der Waals surface area contributed by atoms with Crippen molar-refractivity contribution in [3.05, 3.63) is 57.7 Å². The van der Waals surface area contributed by atoms with Crippen molar-refractivity contribution in [1.29, 1.82) is 0 Å². The molecule has 18 heavy (non-hydrogen) atoms. The van der Waals surface area contributed by atoms with Crippen LogP contribution >= 0.6 is 31.2 Å². The summed E-state index contributed by atoms with van der Waals surface area (Å²) in [7, 11) is 0.760. The molecule has 0 aliphatic carbocycles. The zero-order valence-corrected chi connectivity index (χ0v) is 13.9. The lowest BCUT2D eigenvalue weighted by molar-refractivity contribution is 0.647. The van der Waals surface area contributed by atoms with E-state index >= 15 is 0 Å². The van der Waals surface area contributed by atoms with Gasteiger partial charge in [0.25, 0.3) is 0 Å². The first-order valence-electron chi connectivity index (χ1n) is 6.25. The molecule has 0 spiro atoms. The molecule has 0 saturated carbocycles. The summed E-state index contributed by atoms with van der Waals surface area (Å²) in [5, 5.41) is 2.86. The summed E-state index contributed by atoms with van der Waals surface area (Å²) >= 11 is 2.42. The number of halogens is 1. The van der Waals surface area contributed by atoms with Gasteiger partial charge in [0.1, 0.15) is 0 Å². The molecule has 0 amide bonds. The van der Waals surface area contributed by atoms with Crippen LogP contribution in [0.25, 0.3) is 0 Å². The lowest BCUT2D eigenvalue weighted by Gasteiger charge is -2.08. The molecule has 0 nitrogen and oxygen atoms in total. The van der Waals surface area contributed by atoms with Crippen LogP contribution in [0.5, 0.6) is 0 Å². The van der Waals surface area contributed by atoms with E-state index in [2.05, 4.69) is 85.0 Å². The molecular weight excluding hydrogens is 350 g/mol. The summed E-state index contributed by atoms with van der Waals surface area (Å²) in [6.45, 7) is 4.53. The fourth-order valence-electron chi connectivity index (χ4n) is 1.91. The van der Waals surface area contributed by atoms with Crippen LogP contribution in [0.4, 0.5) is 0 Å². The summed E-state index contributed by atoms with van der Waals surface area (Å²) in [5.41, 5.74) is 1.45. The summed E-state index contributed by atoms with van der Waals surface area (Å²) in [4.78, 5) is 0. The monoisotopic (exact) mass is 368 g/mol. The Hall–Kier alpha value is -0.400. The Morgan fingerprint density at radius 1 is 1.00 bits per heavy atom. The van der Waals surface area contributed by atoms with E-state index in [9.17, 15) is 0 Å². The van der Waals surface area contributed by atoms with Gasteiger partial charge in [0.05, 0.1) is 0 Å². The minimum absolute atomic E-state index is 0.730. The van der Waals surface area contributed by atoms with Gasteiger partial charge in [-0.3, -0.25) is 0 Å². The van der Waals surface area contributed by atoms with Crippen LogP contribution in [0.3, 0.4) is 0 Å². The van der Waals surface area contributed by atoms with Crippen molar-refractivity contribution in [2.75, 3.05) is 0 Å². The van der Waals surface area contributed by atoms with Gasteiger partial charge in [-0.15, -0.1) is 0 Å². The molecule has 2 rings (SSSR count). The molecule has 0 aliphatic heterocycles. The minimum atomic E-state index is 0.730. The molecule has 0 aliphatic rings. The first kappa shape index (κ1) is 14.0. The third-order valence-electron chi connectivity index (χ3n) is 2.75. The molecule has 0 aromatic heterocycles. The molecule has 2 heteroatoms. The van der Waals surface area contributed by atoms with Crippen LogP contribution in [0, 0.1) is 9.49 Å². The Morgan fingerprint density at radius 3 is 2.28 bits per heavy atom. The van der Waals surface area contributed by atoms with Crippen LogP contribution in [-0.4, -0.2) is 0 Å². The fourth-order valence-corrected chi connectivity index (χ4v) is 3.73. The highest BCUT2D eigenvalue weighted by atomic mass is 127. The van der Waals surface area contributed by atoms with Gasteiger partial charge in [0, 0.05) is 3.57 Å². The lowest BCUT2D eigenvalue weighted by Crippen LogP contribution is -2.06. The average Bonchev–Trinajstić information content (AvgIpc) is 2.34. The molecule has 1 unspecified atom stereocenters. The second-order valence-electron chi connectivity index (χ2n) is 4.90. The molecule has 0 heterocycles. The predicted octanol–water partition coefficient (Wildman–Crippen LogP) is 4.12. The fraction of sp³-hybridized carbons (Fsp3) is 0.250. The third-order valence-corrected chi connectivity index (χ3v) is 5.53. The molecule has 0 bridgehead atoms. The normalized spacial score (nSPS) is 11.6. The van der Waals surface area contributed by atoms with Crippen LogP contribution < -0.4 is 10.6 Å². The van der Waals surface area contributed by atoms with E-state index in [1.165, 1.54) is 26.2 Å². The highest BCUT2D eigenvalue weighted by Gasteiger charge is 2.01. The Bertz CT molecular complexity index is 503. The topological polar surface area (TPSA) is 0 Å². The maximum Gasteiger partial charge on any atom is 0.0207 e. The van der Waals surface area contributed by atoms with Crippen molar-refractivity contribution < 1.29 is 0 Å². The second kappa shape index (κ2) is 6.68. The second-order valence-corrected chi connectivity index (χ2v) is 7.43. The van der Waals surface area contributed by atoms with Crippen molar-refractivity contribution in [2.24, 2.45) is 5.92 Å². The number of hydrogen-bond acceptors (Lipinski definition) is 0. The van der Waals surface area contributed by atoms with Gasteiger partial charge in [-0.1, -0.05) is 64.9 Å². The number of rotatable bonds is 4. The van der Waals surface area contributed by atoms with E-state index in [0.717, 1.165) is 14.5 Å². The summed E-state index contributed by atoms with van der Waals surface area (Å²) in [6, 6.07) is 17.7. The third kappa shape index (κ3) is 4.07. The first-order valence-corrected chi connectivity index (χ1v) is 8.33. The smallest absolute Gasteiger partial charge is 0.0207 e. The first-order chi connectivity index (χ1) is 8.65. The maximum absolute atomic E-state index is 2.42. The zero-order chi connectivity index (χ0) is 13.0. The van der Waals surface area contributed by atoms with Crippen molar-refractivity contribution >= 4 is 41.8 Å². The molecular formula is C16H18IP. The van der Waals surface area contributed by atoms with Gasteiger partial charge >= 0.3 is 0 Å². The van der Waals surface area contributed by atoms with E-state index in [0.29, 0.717) is 0 Å². The van der Waals surface area contributed by atoms with Crippen LogP contribution in [0.2, 0.25) is 0 Å². The Morgan fingerprint density at radius 2 is 1.67 bits per heavy atom. The number of benzene rings is 2. The minimum Gasteiger partial charge on any atom is -0.0625 e. The molecule has 2 aromatic carbocycles. The summed E-state index contributed by atoms with van der Waals surface area (Å²) in [5.74, 6) is 0.730. The Balaban J connectivity index is 2.09. The largest absolute Gasteiger partial charge is 0.0625 e. The van der Waals surface area contributed by atoms with E-state index in [1.54, 1.807) is 0 Å². The Labute approximate surface area is 125 Å². The van der Waals surface area contributed by atoms with Gasteiger partial charge < -0.3 is 0 Å². The average molecular weight is 368 g/mol. The van der Waals surface area contributed by atoms with E-state index in [1.807, 2.05) is 0 Å². The number of hydrogen-bond donors (Lipinski definition) is 0. The quantitative estimate of drug-likeness (QED) is 0.563. The standard InChI is InChI=1S/C16H18IP/c1-12(2)11-13-7-9-14(10-8-13)18-16-6-4-3-5-15(16)17/h3-10,12,18H,11H2,1-2H3. The van der Waals surface area contributed by atoms with Gasteiger partial charge in [-0.05, 0) is 57.2 Å². The van der Waals surface area contributed by atoms with Crippen LogP contribution in [-0.2, 0) is 6.42 Å². The van der Waals surface area contributed by atoms with Crippen LogP contribution in [0.1, 0.15) is 19.4 Å². The van der Waals surface area contributed by atoms with Gasteiger partial charge in [0.15, 0.2) is 0 Å². The van der Waals surface area contributed by atoms with Gasteiger partial charge in [0.2, 0.25) is 0 Å². The zero-order valence-electron chi connectivity index (χ0n) is 10.8. The van der Waals surface area contributed by atoms with Crippen molar-refractivity contribution in [3.63, 3.8) is 0 Å². The molecule has 0 radical (unpaired) electrons. The van der Waals surface area contributed by atoms with Gasteiger partial charge in [-0.25, -0.2) is 0 Å². The molecule has 0 N–H and O–H groups in total. The van der Waals surface area contributed by atoms with Crippen molar-refractivity contribution in [1.82, 2.24) is 0 Å². The maximum atomic E-state index is 2.42. The Kier molecular flexibility index (Phi) is 5.20. The lowest BCUT2D eigenvalue weighted by atomic mass is 10.0. The molecule has 0 fully saturated rings. The van der Waals surface area contributed by atoms with E-state index < -0.39 is 0 Å². The molecule has 2 aromatic rings. The van der Waals surface area contributed by atoms with Crippen molar-refractivity contribution in [2.45, 2.75) is 20.3 Å². The molecule has 0 saturated heterocycles. The van der Waals surface area contributed by atoms with Crippen LogP contribution in [0.15, 0.2) is 48.5 Å². The highest BCUT2D eigenvalue weighted by Crippen LogP contribution is 2.16. The highest BCUT2D eigenvalue weighted by molar-refractivity contribution is 14.1. The summed E-state index contributed by atoms with van der Waals surface area (Å²) < 4.78 is 1.36. The van der Waals surface area contributed by atoms with E-state index in [4.69, 9.17) is 0 Å². The van der Waals surface area contributed by atoms with Crippen molar-refractivity contribution in [3.8, 4) is 0 Å². The SMILES string of the molecule is CC(C)Cc1ccc(Pc2ccccc2I)cc1. The molecule has 1 atom stereocenters. The summed E-state index contributed by atoms with van der Waals surface area (Å²) in [6.07, 6.45) is 1.17. The molecule has 94 valence electrons. The van der Waals surface area contributed by atoms with Gasteiger partial charge in [-0.2, -0.15) is 0 Å². The predicted molar refractivity (Wildman–Crippen MR) is 91.7 cm³/mol.